The fourth-order valence-corrected chi connectivity index (χ4v) is 4.02. The number of ether oxygens (including phenoxy) is 1. The molecule has 1 aromatic heterocycles. The van der Waals surface area contributed by atoms with Gasteiger partial charge in [0.15, 0.2) is 5.60 Å². The molecule has 1 unspecified atom stereocenters. The van der Waals surface area contributed by atoms with Gasteiger partial charge in [-0.1, -0.05) is 45.0 Å². The summed E-state index contributed by atoms with van der Waals surface area (Å²) in [6.07, 6.45) is 4.38. The highest BCUT2D eigenvalue weighted by atomic mass is 16.5. The average molecular weight is 424 g/mol. The molecule has 1 atom stereocenters. The first kappa shape index (κ1) is 22.9. The zero-order valence-electron chi connectivity index (χ0n) is 19.2. The lowest BCUT2D eigenvalue weighted by Gasteiger charge is -2.43. The third-order valence-corrected chi connectivity index (χ3v) is 5.45. The van der Waals surface area contributed by atoms with Gasteiger partial charge in [-0.2, -0.15) is 0 Å². The Morgan fingerprint density at radius 2 is 1.84 bits per heavy atom. The van der Waals surface area contributed by atoms with Crippen LogP contribution in [-0.2, 0) is 20.7 Å². The van der Waals surface area contributed by atoms with Gasteiger partial charge in [0, 0.05) is 45.9 Å². The van der Waals surface area contributed by atoms with E-state index in [1.165, 1.54) is 0 Å². The molecule has 0 N–H and O–H groups in total. The number of amides is 2. The summed E-state index contributed by atoms with van der Waals surface area (Å²) >= 11 is 0. The van der Waals surface area contributed by atoms with Crippen LogP contribution in [0.2, 0.25) is 0 Å². The van der Waals surface area contributed by atoms with E-state index in [2.05, 4.69) is 11.1 Å². The van der Waals surface area contributed by atoms with Gasteiger partial charge in [0.2, 0.25) is 5.91 Å². The molecule has 1 aromatic carbocycles. The Labute approximate surface area is 185 Å². The number of hydrogen-bond acceptors (Lipinski definition) is 4. The molecule has 0 aliphatic carbocycles. The summed E-state index contributed by atoms with van der Waals surface area (Å²) in [6, 6.07) is 12.0. The minimum Gasteiger partial charge on any atom is -0.361 e. The van der Waals surface area contributed by atoms with Gasteiger partial charge >= 0.3 is 0 Å². The van der Waals surface area contributed by atoms with Gasteiger partial charge < -0.3 is 14.5 Å². The van der Waals surface area contributed by atoms with Crippen LogP contribution in [0.5, 0.6) is 0 Å². The topological polar surface area (TPSA) is 62.7 Å². The SMILES string of the molecule is CN(C)C(=O)C1(Cc2cccc(-c3ccncc3)c2)CN(C(=O)CC(C)(C)C)CCO1. The zero-order chi connectivity index (χ0) is 22.6. The molecule has 1 saturated heterocycles. The number of benzene rings is 1. The molecule has 6 heteroatoms. The number of morpholine rings is 1. The highest BCUT2D eigenvalue weighted by Gasteiger charge is 2.46. The van der Waals surface area contributed by atoms with Crippen molar-refractivity contribution < 1.29 is 14.3 Å². The predicted molar refractivity (Wildman–Crippen MR) is 121 cm³/mol. The summed E-state index contributed by atoms with van der Waals surface area (Å²) in [4.78, 5) is 33.6. The van der Waals surface area contributed by atoms with E-state index in [-0.39, 0.29) is 23.8 Å². The summed E-state index contributed by atoms with van der Waals surface area (Å²) in [6.45, 7) is 7.27. The molecule has 0 saturated carbocycles. The van der Waals surface area contributed by atoms with Crippen LogP contribution < -0.4 is 0 Å². The highest BCUT2D eigenvalue weighted by molar-refractivity contribution is 5.87. The minimum absolute atomic E-state index is 0.0669. The molecule has 0 radical (unpaired) electrons. The molecule has 1 aliphatic rings. The Balaban J connectivity index is 1.89. The second kappa shape index (κ2) is 9.18. The number of aromatic nitrogens is 1. The van der Waals surface area contributed by atoms with Gasteiger partial charge in [0.05, 0.1) is 13.2 Å². The molecule has 166 valence electrons. The molecule has 3 rings (SSSR count). The van der Waals surface area contributed by atoms with Crippen LogP contribution in [0.15, 0.2) is 48.8 Å². The van der Waals surface area contributed by atoms with Gasteiger partial charge in [0.1, 0.15) is 0 Å². The third kappa shape index (κ3) is 5.70. The summed E-state index contributed by atoms with van der Waals surface area (Å²) in [5.74, 6) is -0.0488. The number of likely N-dealkylation sites (N-methyl/N-ethyl adjacent to an activating group) is 1. The van der Waals surface area contributed by atoms with Gasteiger partial charge in [-0.3, -0.25) is 14.6 Å². The molecule has 0 bridgehead atoms. The molecule has 2 heterocycles. The van der Waals surface area contributed by atoms with Gasteiger partial charge in [-0.15, -0.1) is 0 Å². The smallest absolute Gasteiger partial charge is 0.256 e. The first-order valence-corrected chi connectivity index (χ1v) is 10.7. The number of carbonyl (C=O) groups is 2. The molecule has 2 amide bonds. The summed E-state index contributed by atoms with van der Waals surface area (Å²) in [7, 11) is 3.47. The van der Waals surface area contributed by atoms with Crippen molar-refractivity contribution in [1.29, 1.82) is 0 Å². The molecule has 0 spiro atoms. The Morgan fingerprint density at radius 1 is 1.13 bits per heavy atom. The van der Waals surface area contributed by atoms with Gasteiger partial charge in [-0.25, -0.2) is 0 Å². The quantitative estimate of drug-likeness (QED) is 0.739. The number of rotatable bonds is 5. The van der Waals surface area contributed by atoms with Crippen LogP contribution in [0.25, 0.3) is 11.1 Å². The van der Waals surface area contributed by atoms with Gasteiger partial charge in [-0.05, 0) is 34.2 Å². The summed E-state index contributed by atoms with van der Waals surface area (Å²) in [5, 5.41) is 0. The monoisotopic (exact) mass is 423 g/mol. The van der Waals surface area contributed by atoms with Crippen molar-refractivity contribution in [1.82, 2.24) is 14.8 Å². The van der Waals surface area contributed by atoms with Crippen molar-refractivity contribution in [3.8, 4) is 11.1 Å². The maximum atomic E-state index is 13.3. The van der Waals surface area contributed by atoms with E-state index in [0.717, 1.165) is 16.7 Å². The van der Waals surface area contributed by atoms with E-state index < -0.39 is 5.60 Å². The summed E-state index contributed by atoms with van der Waals surface area (Å²) in [5.41, 5.74) is 1.92. The van der Waals surface area contributed by atoms with Crippen LogP contribution in [0, 0.1) is 5.41 Å². The second-order valence-electron chi connectivity index (χ2n) is 9.71. The number of nitrogens with zero attached hydrogens (tertiary/aromatic N) is 3. The second-order valence-corrected chi connectivity index (χ2v) is 9.71. The van der Waals surface area contributed by atoms with Crippen molar-refractivity contribution in [2.75, 3.05) is 33.8 Å². The van der Waals surface area contributed by atoms with Crippen molar-refractivity contribution >= 4 is 11.8 Å². The molecule has 31 heavy (non-hydrogen) atoms. The molecule has 2 aromatic rings. The van der Waals surface area contributed by atoms with Crippen molar-refractivity contribution in [3.63, 3.8) is 0 Å². The van der Waals surface area contributed by atoms with Crippen molar-refractivity contribution in [2.24, 2.45) is 5.41 Å². The van der Waals surface area contributed by atoms with Crippen LogP contribution >= 0.6 is 0 Å². The van der Waals surface area contributed by atoms with Crippen molar-refractivity contribution in [3.05, 3.63) is 54.4 Å². The molecule has 6 nitrogen and oxygen atoms in total. The van der Waals surface area contributed by atoms with E-state index in [0.29, 0.717) is 26.0 Å². The molecule has 1 aliphatic heterocycles. The summed E-state index contributed by atoms with van der Waals surface area (Å²) < 4.78 is 6.15. The maximum Gasteiger partial charge on any atom is 0.256 e. The number of pyridine rings is 1. The fourth-order valence-electron chi connectivity index (χ4n) is 4.02. The van der Waals surface area contributed by atoms with E-state index in [4.69, 9.17) is 4.74 Å². The van der Waals surface area contributed by atoms with Crippen molar-refractivity contribution in [2.45, 2.75) is 39.2 Å². The largest absolute Gasteiger partial charge is 0.361 e. The lowest BCUT2D eigenvalue weighted by Crippen LogP contribution is -2.62. The lowest BCUT2D eigenvalue weighted by molar-refractivity contribution is -0.173. The molecular formula is C25H33N3O3. The average Bonchev–Trinajstić information content (AvgIpc) is 2.73. The lowest BCUT2D eigenvalue weighted by atomic mass is 9.88. The maximum absolute atomic E-state index is 13.3. The standard InChI is InChI=1S/C25H33N3O3/c1-24(2,3)17-22(29)28-13-14-31-25(18-28,23(30)27(4)5)16-19-7-6-8-21(15-19)20-9-11-26-12-10-20/h6-12,15H,13-14,16-18H2,1-5H3. The van der Waals surface area contributed by atoms with Crippen LogP contribution in [0.4, 0.5) is 0 Å². The minimum atomic E-state index is -1.09. The third-order valence-electron chi connectivity index (χ3n) is 5.45. The van der Waals surface area contributed by atoms with Crippen LogP contribution in [0.1, 0.15) is 32.8 Å². The Morgan fingerprint density at radius 3 is 2.48 bits per heavy atom. The zero-order valence-corrected chi connectivity index (χ0v) is 19.2. The first-order valence-electron chi connectivity index (χ1n) is 10.7. The van der Waals surface area contributed by atoms with E-state index in [1.807, 2.05) is 51.1 Å². The Hall–Kier alpha value is -2.73. The Bertz CT molecular complexity index is 921. The van der Waals surface area contributed by atoms with Crippen LogP contribution in [0.3, 0.4) is 0 Å². The highest BCUT2D eigenvalue weighted by Crippen LogP contribution is 2.29. The Kier molecular flexibility index (Phi) is 6.80. The molecular weight excluding hydrogens is 390 g/mol. The fraction of sp³-hybridized carbons (Fsp3) is 0.480. The molecule has 1 fully saturated rings. The van der Waals surface area contributed by atoms with E-state index in [1.54, 1.807) is 36.3 Å². The normalized spacial score (nSPS) is 19.2. The van der Waals surface area contributed by atoms with Gasteiger partial charge in [0.25, 0.3) is 5.91 Å². The predicted octanol–water partition coefficient (Wildman–Crippen LogP) is 3.41. The first-order chi connectivity index (χ1) is 14.6. The van der Waals surface area contributed by atoms with E-state index >= 15 is 0 Å². The number of carbonyl (C=O) groups excluding carboxylic acids is 2. The van der Waals surface area contributed by atoms with Crippen LogP contribution in [-0.4, -0.2) is 66.0 Å². The van der Waals surface area contributed by atoms with E-state index in [9.17, 15) is 9.59 Å². The number of hydrogen-bond donors (Lipinski definition) is 0.